The van der Waals surface area contributed by atoms with Crippen LogP contribution in [-0.4, -0.2) is 31.5 Å². The maximum Gasteiger partial charge on any atom is 0.197 e. The van der Waals surface area contributed by atoms with Crippen LogP contribution < -0.4 is 9.47 Å². The number of aryl methyl sites for hydroxylation is 2. The van der Waals surface area contributed by atoms with E-state index in [-0.39, 0.29) is 12.6 Å². The summed E-state index contributed by atoms with van der Waals surface area (Å²) in [7, 11) is 0. The number of nitriles is 1. The van der Waals surface area contributed by atoms with Crippen molar-refractivity contribution in [1.82, 2.24) is 0 Å². The average Bonchev–Trinajstić information content (AvgIpc) is 2.69. The molecule has 0 unspecified atom stereocenters. The van der Waals surface area contributed by atoms with Crippen molar-refractivity contribution in [2.24, 2.45) is 0 Å². The van der Waals surface area contributed by atoms with Crippen LogP contribution in [0.3, 0.4) is 0 Å². The fourth-order valence-corrected chi connectivity index (χ4v) is 3.69. The number of nitrogens with zero attached hydrogens (tertiary/aromatic N) is 1. The Balaban J connectivity index is 1.50. The quantitative estimate of drug-likeness (QED) is 0.426. The zero-order valence-electron chi connectivity index (χ0n) is 16.9. The van der Waals surface area contributed by atoms with Crippen molar-refractivity contribution in [2.75, 3.05) is 19.0 Å². The van der Waals surface area contributed by atoms with Crippen LogP contribution in [0.4, 0.5) is 0 Å². The molecule has 3 rings (SSSR count). The van der Waals surface area contributed by atoms with Crippen LogP contribution in [0.2, 0.25) is 0 Å². The van der Waals surface area contributed by atoms with Gasteiger partial charge in [-0.2, -0.15) is 5.26 Å². The second-order valence-corrected chi connectivity index (χ2v) is 7.88. The van der Waals surface area contributed by atoms with Gasteiger partial charge in [-0.1, -0.05) is 17.7 Å². The lowest BCUT2D eigenvalue weighted by atomic mass is 10.2. The molecule has 2 aromatic carbocycles. The molecular weight excluding hydrogens is 386 g/mol. The van der Waals surface area contributed by atoms with Crippen LogP contribution >= 0.6 is 11.8 Å². The highest BCUT2D eigenvalue weighted by atomic mass is 32.2. The van der Waals surface area contributed by atoms with Gasteiger partial charge < -0.3 is 18.9 Å². The fraction of sp³-hybridized carbons (Fsp3) is 0.348. The first-order chi connectivity index (χ1) is 14.0. The molecule has 29 heavy (non-hydrogen) atoms. The first-order valence-electron chi connectivity index (χ1n) is 9.47. The Bertz CT molecular complexity index is 883. The summed E-state index contributed by atoms with van der Waals surface area (Å²) < 4.78 is 22.3. The topological polar surface area (TPSA) is 60.7 Å². The van der Waals surface area contributed by atoms with Gasteiger partial charge in [-0.25, -0.2) is 0 Å². The van der Waals surface area contributed by atoms with Crippen LogP contribution in [0.5, 0.6) is 11.5 Å². The highest BCUT2D eigenvalue weighted by Gasteiger charge is 2.27. The second kappa shape index (κ2) is 10.4. The molecule has 0 aliphatic carbocycles. The Kier molecular flexibility index (Phi) is 7.59. The minimum Gasteiger partial charge on any atom is -0.489 e. The lowest BCUT2D eigenvalue weighted by molar-refractivity contribution is -0.380. The number of rotatable bonds is 9. The predicted molar refractivity (Wildman–Crippen MR) is 113 cm³/mol. The Morgan fingerprint density at radius 3 is 2.55 bits per heavy atom. The number of allylic oxidation sites excluding steroid dienone is 1. The molecule has 0 spiro atoms. The van der Waals surface area contributed by atoms with Gasteiger partial charge in [0.1, 0.15) is 24.7 Å². The molecule has 0 amide bonds. The zero-order valence-corrected chi connectivity index (χ0v) is 17.7. The summed E-state index contributed by atoms with van der Waals surface area (Å²) in [6, 6.07) is 16.1. The summed E-state index contributed by atoms with van der Waals surface area (Å²) in [6.07, 6.45) is 1.13. The van der Waals surface area contributed by atoms with E-state index in [0.29, 0.717) is 19.0 Å². The summed E-state index contributed by atoms with van der Waals surface area (Å²) in [5, 5.41) is 9.07. The van der Waals surface area contributed by atoms with E-state index in [1.54, 1.807) is 17.8 Å². The minimum atomic E-state index is -0.286. The monoisotopic (exact) mass is 411 g/mol. The number of benzene rings is 2. The molecule has 1 aliphatic heterocycles. The van der Waals surface area contributed by atoms with Crippen molar-refractivity contribution in [2.45, 2.75) is 38.2 Å². The maximum absolute atomic E-state index is 9.07. The molecule has 5 nitrogen and oxygen atoms in total. The third-order valence-corrected chi connectivity index (χ3v) is 5.45. The average molecular weight is 412 g/mol. The van der Waals surface area contributed by atoms with Gasteiger partial charge in [0.05, 0.1) is 6.07 Å². The summed E-state index contributed by atoms with van der Waals surface area (Å²) in [5.74, 6) is 2.30. The van der Waals surface area contributed by atoms with Crippen LogP contribution in [0.1, 0.15) is 18.1 Å². The van der Waals surface area contributed by atoms with Crippen molar-refractivity contribution in [3.63, 3.8) is 0 Å². The molecule has 0 radical (unpaired) electrons. The van der Waals surface area contributed by atoms with E-state index in [9.17, 15) is 0 Å². The lowest BCUT2D eigenvalue weighted by Gasteiger charge is -2.33. The van der Waals surface area contributed by atoms with Crippen molar-refractivity contribution in [3.05, 3.63) is 65.2 Å². The zero-order chi connectivity index (χ0) is 20.6. The Morgan fingerprint density at radius 2 is 1.90 bits per heavy atom. The molecule has 0 N–H and O–H groups in total. The molecule has 0 atom stereocenters. The lowest BCUT2D eigenvalue weighted by Crippen LogP contribution is -2.42. The fourth-order valence-electron chi connectivity index (χ4n) is 2.75. The van der Waals surface area contributed by atoms with Crippen LogP contribution in [-0.2, 0) is 9.47 Å². The molecule has 0 aromatic heterocycles. The molecule has 2 aromatic rings. The summed E-state index contributed by atoms with van der Waals surface area (Å²) in [5.41, 5.74) is 3.17. The molecule has 1 heterocycles. The number of hydrogen-bond acceptors (Lipinski definition) is 6. The smallest absolute Gasteiger partial charge is 0.197 e. The van der Waals surface area contributed by atoms with E-state index in [1.807, 2.05) is 57.2 Å². The summed E-state index contributed by atoms with van der Waals surface area (Å²) in [6.45, 7) is 6.67. The molecule has 6 heteroatoms. The van der Waals surface area contributed by atoms with E-state index in [2.05, 4.69) is 12.1 Å². The largest absolute Gasteiger partial charge is 0.489 e. The number of thioether (sulfide) groups is 1. The van der Waals surface area contributed by atoms with Gasteiger partial charge in [-0.3, -0.25) is 0 Å². The van der Waals surface area contributed by atoms with E-state index in [0.717, 1.165) is 27.5 Å². The van der Waals surface area contributed by atoms with E-state index in [4.69, 9.17) is 24.2 Å². The Labute approximate surface area is 176 Å². The van der Waals surface area contributed by atoms with Crippen molar-refractivity contribution < 1.29 is 18.9 Å². The number of hydrogen-bond donors (Lipinski definition) is 0. The van der Waals surface area contributed by atoms with Crippen molar-refractivity contribution in [1.29, 1.82) is 5.26 Å². The van der Waals surface area contributed by atoms with Gasteiger partial charge in [-0.15, -0.1) is 11.8 Å². The second-order valence-electron chi connectivity index (χ2n) is 6.83. The third kappa shape index (κ3) is 6.53. The Morgan fingerprint density at radius 1 is 1.14 bits per heavy atom. The van der Waals surface area contributed by atoms with Crippen LogP contribution in [0, 0.1) is 25.2 Å². The SMILES string of the molecule is Cc1ccc(OC/C(=C\C#N)CSc2ccc(OCC3OC(C)O3)c(C)c2)cc1. The van der Waals surface area contributed by atoms with Gasteiger partial charge in [-0.05, 0) is 62.2 Å². The molecule has 1 fully saturated rings. The summed E-state index contributed by atoms with van der Waals surface area (Å²) >= 11 is 1.66. The van der Waals surface area contributed by atoms with E-state index in [1.165, 1.54) is 5.56 Å². The summed E-state index contributed by atoms with van der Waals surface area (Å²) in [4.78, 5) is 1.11. The highest BCUT2D eigenvalue weighted by molar-refractivity contribution is 7.99. The molecule has 152 valence electrons. The first kappa shape index (κ1) is 21.3. The van der Waals surface area contributed by atoms with Crippen molar-refractivity contribution in [3.8, 4) is 17.6 Å². The Hall–Kier alpha value is -2.46. The van der Waals surface area contributed by atoms with Crippen molar-refractivity contribution >= 4 is 11.8 Å². The highest BCUT2D eigenvalue weighted by Crippen LogP contribution is 2.28. The van der Waals surface area contributed by atoms with E-state index >= 15 is 0 Å². The normalized spacial score (nSPS) is 18.6. The van der Waals surface area contributed by atoms with Gasteiger partial charge in [0.15, 0.2) is 12.6 Å². The molecule has 0 bridgehead atoms. The molecule has 1 aliphatic rings. The van der Waals surface area contributed by atoms with Gasteiger partial charge in [0, 0.05) is 16.7 Å². The minimum absolute atomic E-state index is 0.144. The third-order valence-electron chi connectivity index (χ3n) is 4.35. The first-order valence-corrected chi connectivity index (χ1v) is 10.5. The molecule has 0 saturated carbocycles. The van der Waals surface area contributed by atoms with Gasteiger partial charge in [0.25, 0.3) is 0 Å². The van der Waals surface area contributed by atoms with E-state index < -0.39 is 0 Å². The van der Waals surface area contributed by atoms with Crippen LogP contribution in [0.15, 0.2) is 59.0 Å². The van der Waals surface area contributed by atoms with Gasteiger partial charge >= 0.3 is 0 Å². The number of ether oxygens (including phenoxy) is 4. The standard InChI is InChI=1S/C23H25NO4S/c1-16-4-6-20(7-5-16)25-13-19(10-11-24)15-29-21-8-9-22(17(2)12-21)26-14-23-27-18(3)28-23/h4-10,12,18,23H,13-15H2,1-3H3/b19-10+. The predicted octanol–water partition coefficient (Wildman–Crippen LogP) is 5.02. The maximum atomic E-state index is 9.07. The molecule has 1 saturated heterocycles. The molecular formula is C23H25NO4S. The van der Waals surface area contributed by atoms with Gasteiger partial charge in [0.2, 0.25) is 0 Å². The van der Waals surface area contributed by atoms with Crippen LogP contribution in [0.25, 0.3) is 0 Å².